The summed E-state index contributed by atoms with van der Waals surface area (Å²) in [7, 11) is 0. The van der Waals surface area contributed by atoms with Crippen LogP contribution in [0.3, 0.4) is 0 Å². The highest BCUT2D eigenvalue weighted by Crippen LogP contribution is 2.41. The largest absolute Gasteiger partial charge is 0.391 e. The first-order valence-electron chi connectivity index (χ1n) is 6.72. The molecule has 3 atom stereocenters. The van der Waals surface area contributed by atoms with Crippen LogP contribution in [0, 0.1) is 24.2 Å². The average molecular weight is 261 g/mol. The molecule has 0 radical (unpaired) electrons. The standard InChI is InChI=1S/C14H22F3N/c1-3-6-13(18-9-4-2)11-7-5-8-12(10-11)14(15,16)17/h1,11-13,18H,4-10H2,2H3. The van der Waals surface area contributed by atoms with Gasteiger partial charge >= 0.3 is 6.18 Å². The molecular weight excluding hydrogens is 239 g/mol. The lowest BCUT2D eigenvalue weighted by Crippen LogP contribution is -2.41. The third kappa shape index (κ3) is 4.53. The molecule has 1 nitrogen and oxygen atoms in total. The third-order valence-corrected chi connectivity index (χ3v) is 3.74. The zero-order valence-electron chi connectivity index (χ0n) is 10.9. The summed E-state index contributed by atoms with van der Waals surface area (Å²) in [5, 5.41) is 3.30. The number of alkyl halides is 3. The maximum absolute atomic E-state index is 12.8. The van der Waals surface area contributed by atoms with Crippen LogP contribution in [0.25, 0.3) is 0 Å². The number of nitrogens with one attached hydrogen (secondary N) is 1. The predicted octanol–water partition coefficient (Wildman–Crippen LogP) is 3.75. The van der Waals surface area contributed by atoms with Gasteiger partial charge < -0.3 is 5.32 Å². The molecule has 0 aromatic carbocycles. The molecule has 0 aliphatic heterocycles. The first-order chi connectivity index (χ1) is 8.49. The summed E-state index contributed by atoms with van der Waals surface area (Å²) in [4.78, 5) is 0. The molecule has 1 N–H and O–H groups in total. The molecule has 18 heavy (non-hydrogen) atoms. The van der Waals surface area contributed by atoms with Crippen molar-refractivity contribution in [3.63, 3.8) is 0 Å². The van der Waals surface area contributed by atoms with Crippen LogP contribution >= 0.6 is 0 Å². The fraction of sp³-hybridized carbons (Fsp3) is 0.857. The van der Waals surface area contributed by atoms with Gasteiger partial charge in [0.25, 0.3) is 0 Å². The SMILES string of the molecule is C#CCC(NCCC)C1CCCC(C(F)(F)F)C1. The van der Waals surface area contributed by atoms with Crippen molar-refractivity contribution < 1.29 is 13.2 Å². The minimum absolute atomic E-state index is 0.0418. The summed E-state index contributed by atoms with van der Waals surface area (Å²) >= 11 is 0. The Labute approximate surface area is 108 Å². The highest BCUT2D eigenvalue weighted by Gasteiger charge is 2.43. The van der Waals surface area contributed by atoms with Gasteiger partial charge in [0.1, 0.15) is 0 Å². The summed E-state index contributed by atoms with van der Waals surface area (Å²) in [5.41, 5.74) is 0. The van der Waals surface area contributed by atoms with E-state index in [-0.39, 0.29) is 24.8 Å². The van der Waals surface area contributed by atoms with Gasteiger partial charge in [0.2, 0.25) is 0 Å². The van der Waals surface area contributed by atoms with E-state index >= 15 is 0 Å². The molecule has 1 fully saturated rings. The van der Waals surface area contributed by atoms with Crippen molar-refractivity contribution in [3.8, 4) is 12.3 Å². The van der Waals surface area contributed by atoms with E-state index in [1.54, 1.807) is 0 Å². The highest BCUT2D eigenvalue weighted by molar-refractivity contribution is 4.94. The van der Waals surface area contributed by atoms with Crippen LogP contribution in [0.2, 0.25) is 0 Å². The number of halogens is 3. The molecule has 104 valence electrons. The summed E-state index contributed by atoms with van der Waals surface area (Å²) in [6, 6.07) is 0.0418. The molecular formula is C14H22F3N. The topological polar surface area (TPSA) is 12.0 Å². The first kappa shape index (κ1) is 15.4. The van der Waals surface area contributed by atoms with Crippen LogP contribution in [0.1, 0.15) is 45.4 Å². The lowest BCUT2D eigenvalue weighted by Gasteiger charge is -2.35. The Morgan fingerprint density at radius 1 is 1.39 bits per heavy atom. The normalized spacial score (nSPS) is 26.6. The van der Waals surface area contributed by atoms with Gasteiger partial charge in [0.05, 0.1) is 5.92 Å². The molecule has 0 heterocycles. The average Bonchev–Trinajstić information content (AvgIpc) is 2.33. The molecule has 0 aromatic rings. The maximum Gasteiger partial charge on any atom is 0.391 e. The van der Waals surface area contributed by atoms with E-state index in [0.29, 0.717) is 12.8 Å². The minimum Gasteiger partial charge on any atom is -0.313 e. The summed E-state index contributed by atoms with van der Waals surface area (Å²) in [6.07, 6.45) is 4.77. The monoisotopic (exact) mass is 261 g/mol. The van der Waals surface area contributed by atoms with E-state index in [9.17, 15) is 13.2 Å². The second-order valence-corrected chi connectivity index (χ2v) is 5.13. The Kier molecular flexibility index (Phi) is 6.01. The summed E-state index contributed by atoms with van der Waals surface area (Å²) in [6.45, 7) is 2.86. The Morgan fingerprint density at radius 2 is 2.11 bits per heavy atom. The molecule has 0 aromatic heterocycles. The van der Waals surface area contributed by atoms with E-state index < -0.39 is 12.1 Å². The second kappa shape index (κ2) is 7.04. The Hall–Kier alpha value is -0.690. The summed E-state index contributed by atoms with van der Waals surface area (Å²) in [5.74, 6) is 1.51. The van der Waals surface area contributed by atoms with Gasteiger partial charge in [-0.2, -0.15) is 13.2 Å². The fourth-order valence-electron chi connectivity index (χ4n) is 2.75. The minimum atomic E-state index is -4.05. The smallest absolute Gasteiger partial charge is 0.313 e. The van der Waals surface area contributed by atoms with Crippen LogP contribution in [0.15, 0.2) is 0 Å². The Morgan fingerprint density at radius 3 is 2.67 bits per heavy atom. The number of hydrogen-bond donors (Lipinski definition) is 1. The first-order valence-corrected chi connectivity index (χ1v) is 6.72. The van der Waals surface area contributed by atoms with Crippen molar-refractivity contribution in [3.05, 3.63) is 0 Å². The van der Waals surface area contributed by atoms with E-state index in [1.165, 1.54) is 0 Å². The molecule has 4 heteroatoms. The second-order valence-electron chi connectivity index (χ2n) is 5.13. The lowest BCUT2D eigenvalue weighted by atomic mass is 9.76. The molecule has 1 aliphatic rings. The molecule has 1 aliphatic carbocycles. The van der Waals surface area contributed by atoms with Gasteiger partial charge in [-0.1, -0.05) is 13.3 Å². The third-order valence-electron chi connectivity index (χ3n) is 3.74. The van der Waals surface area contributed by atoms with Crippen molar-refractivity contribution in [1.82, 2.24) is 5.32 Å². The molecule has 0 bridgehead atoms. The zero-order valence-corrected chi connectivity index (χ0v) is 10.9. The van der Waals surface area contributed by atoms with E-state index in [2.05, 4.69) is 11.2 Å². The van der Waals surface area contributed by atoms with Crippen LogP contribution in [-0.4, -0.2) is 18.8 Å². The molecule has 1 rings (SSSR count). The predicted molar refractivity (Wildman–Crippen MR) is 67.0 cm³/mol. The highest BCUT2D eigenvalue weighted by atomic mass is 19.4. The molecule has 0 spiro atoms. The maximum atomic E-state index is 12.8. The molecule has 0 amide bonds. The molecule has 0 saturated heterocycles. The molecule has 1 saturated carbocycles. The van der Waals surface area contributed by atoms with Crippen LogP contribution in [0.5, 0.6) is 0 Å². The Balaban J connectivity index is 2.59. The van der Waals surface area contributed by atoms with Crippen LogP contribution < -0.4 is 5.32 Å². The fourth-order valence-corrected chi connectivity index (χ4v) is 2.75. The summed E-state index contributed by atoms with van der Waals surface area (Å²) < 4.78 is 38.3. The van der Waals surface area contributed by atoms with Gasteiger partial charge in [0.15, 0.2) is 0 Å². The van der Waals surface area contributed by atoms with Gasteiger partial charge in [-0.3, -0.25) is 0 Å². The quantitative estimate of drug-likeness (QED) is 0.743. The van der Waals surface area contributed by atoms with Crippen molar-refractivity contribution >= 4 is 0 Å². The number of hydrogen-bond acceptors (Lipinski definition) is 1. The number of rotatable bonds is 5. The number of terminal acetylenes is 1. The van der Waals surface area contributed by atoms with Crippen LogP contribution in [0.4, 0.5) is 13.2 Å². The van der Waals surface area contributed by atoms with Gasteiger partial charge in [-0.05, 0) is 38.1 Å². The van der Waals surface area contributed by atoms with E-state index in [4.69, 9.17) is 6.42 Å². The van der Waals surface area contributed by atoms with E-state index in [0.717, 1.165) is 19.4 Å². The van der Waals surface area contributed by atoms with Gasteiger partial charge in [-0.25, -0.2) is 0 Å². The van der Waals surface area contributed by atoms with E-state index in [1.807, 2.05) is 6.92 Å². The lowest BCUT2D eigenvalue weighted by molar-refractivity contribution is -0.186. The van der Waals surface area contributed by atoms with Crippen LogP contribution in [-0.2, 0) is 0 Å². The van der Waals surface area contributed by atoms with Gasteiger partial charge in [0, 0.05) is 12.5 Å². The Bertz CT molecular complexity index is 280. The van der Waals surface area contributed by atoms with Crippen molar-refractivity contribution in [2.24, 2.45) is 11.8 Å². The van der Waals surface area contributed by atoms with Crippen molar-refractivity contribution in [1.29, 1.82) is 0 Å². The van der Waals surface area contributed by atoms with Crippen molar-refractivity contribution in [2.75, 3.05) is 6.54 Å². The van der Waals surface area contributed by atoms with Crippen molar-refractivity contribution in [2.45, 2.75) is 57.7 Å². The zero-order chi connectivity index (χ0) is 13.6. The molecule has 3 unspecified atom stereocenters. The van der Waals surface area contributed by atoms with Gasteiger partial charge in [-0.15, -0.1) is 12.3 Å².